The van der Waals surface area contributed by atoms with Gasteiger partial charge in [-0.05, 0) is 65.4 Å². The monoisotopic (exact) mass is 736 g/mol. The first-order valence-corrected chi connectivity index (χ1v) is 20.0. The third-order valence-electron chi connectivity index (χ3n) is 10.8. The van der Waals surface area contributed by atoms with E-state index in [9.17, 15) is 0 Å². The average molecular weight is 737 g/mol. The van der Waals surface area contributed by atoms with Crippen LogP contribution in [-0.2, 0) is 0 Å². The van der Waals surface area contributed by atoms with Gasteiger partial charge in [-0.1, -0.05) is 115 Å². The molecule has 4 heterocycles. The van der Waals surface area contributed by atoms with Crippen molar-refractivity contribution in [3.8, 4) is 39.9 Å². The van der Waals surface area contributed by atoms with Crippen LogP contribution in [-0.4, -0.2) is 19.5 Å². The number of aromatic nitrogens is 4. The highest BCUT2D eigenvalue weighted by molar-refractivity contribution is 7.26. The Hall–Kier alpha value is -6.73. The zero-order chi connectivity index (χ0) is 36.0. The smallest absolute Gasteiger partial charge is 0.164 e. The van der Waals surface area contributed by atoms with Gasteiger partial charge in [0.25, 0.3) is 0 Å². The third kappa shape index (κ3) is 4.79. The molecule has 0 radical (unpaired) electrons. The van der Waals surface area contributed by atoms with Crippen LogP contribution in [0.5, 0.6) is 0 Å². The van der Waals surface area contributed by atoms with E-state index in [4.69, 9.17) is 15.0 Å². The van der Waals surface area contributed by atoms with Crippen LogP contribution in [0.15, 0.2) is 170 Å². The van der Waals surface area contributed by atoms with Crippen LogP contribution in [0.25, 0.3) is 113 Å². The summed E-state index contributed by atoms with van der Waals surface area (Å²) in [6.07, 6.45) is 0. The fraction of sp³-hybridized carbons (Fsp3) is 0. The van der Waals surface area contributed by atoms with Gasteiger partial charge < -0.3 is 4.57 Å². The van der Waals surface area contributed by atoms with Gasteiger partial charge in [-0.2, -0.15) is 0 Å². The van der Waals surface area contributed by atoms with Crippen molar-refractivity contribution in [1.82, 2.24) is 19.5 Å². The van der Waals surface area contributed by atoms with E-state index in [1.807, 2.05) is 0 Å². The molecule has 0 unspecified atom stereocenters. The van der Waals surface area contributed by atoms with Crippen LogP contribution < -0.4 is 0 Å². The number of benzene rings is 8. The lowest BCUT2D eigenvalue weighted by atomic mass is 10.1. The molecule has 0 saturated heterocycles. The molecule has 55 heavy (non-hydrogen) atoms. The van der Waals surface area contributed by atoms with Crippen LogP contribution in [0, 0.1) is 0 Å². The predicted molar refractivity (Wildman–Crippen MR) is 234 cm³/mol. The molecular weight excluding hydrogens is 709 g/mol. The lowest BCUT2D eigenvalue weighted by Gasteiger charge is -2.12. The number of hydrogen-bond acceptors (Lipinski definition) is 5. The van der Waals surface area contributed by atoms with Gasteiger partial charge >= 0.3 is 0 Å². The van der Waals surface area contributed by atoms with Crippen molar-refractivity contribution in [2.45, 2.75) is 0 Å². The van der Waals surface area contributed by atoms with Crippen molar-refractivity contribution in [2.75, 3.05) is 0 Å². The van der Waals surface area contributed by atoms with Gasteiger partial charge in [0.1, 0.15) is 0 Å². The quantitative estimate of drug-likeness (QED) is 0.181. The SMILES string of the molecule is c1cc(-c2nc(-c3ccc4c(c3)sc3ccccc34)nc(-c3cccc4sc5ccccc5c34)n2)cc(-n2c3ccccc3c3cc4ccccc4cc32)c1. The van der Waals surface area contributed by atoms with E-state index in [-0.39, 0.29) is 0 Å². The summed E-state index contributed by atoms with van der Waals surface area (Å²) in [6, 6.07) is 60.8. The Labute approximate surface area is 323 Å². The van der Waals surface area contributed by atoms with Crippen molar-refractivity contribution in [1.29, 1.82) is 0 Å². The van der Waals surface area contributed by atoms with Gasteiger partial charge in [0, 0.05) is 73.5 Å². The molecule has 12 rings (SSSR count). The van der Waals surface area contributed by atoms with E-state index in [0.29, 0.717) is 17.5 Å². The van der Waals surface area contributed by atoms with Gasteiger partial charge in [0.15, 0.2) is 17.5 Å². The van der Waals surface area contributed by atoms with E-state index in [2.05, 4.69) is 174 Å². The maximum absolute atomic E-state index is 5.30. The molecule has 0 aliphatic rings. The number of para-hydroxylation sites is 1. The second kappa shape index (κ2) is 11.9. The van der Waals surface area contributed by atoms with E-state index in [1.54, 1.807) is 22.7 Å². The molecule has 4 aromatic heterocycles. The number of rotatable bonds is 4. The molecule has 4 nitrogen and oxygen atoms in total. The number of hydrogen-bond donors (Lipinski definition) is 0. The Kier molecular flexibility index (Phi) is 6.64. The summed E-state index contributed by atoms with van der Waals surface area (Å²) >= 11 is 3.61. The van der Waals surface area contributed by atoms with Gasteiger partial charge in [-0.25, -0.2) is 15.0 Å². The van der Waals surface area contributed by atoms with Crippen LogP contribution in [0.1, 0.15) is 0 Å². The Bertz CT molecular complexity index is 3520. The fourth-order valence-corrected chi connectivity index (χ4v) is 10.6. The zero-order valence-corrected chi connectivity index (χ0v) is 30.9. The van der Waals surface area contributed by atoms with Crippen LogP contribution in [0.3, 0.4) is 0 Å². The summed E-state index contributed by atoms with van der Waals surface area (Å²) in [4.78, 5) is 15.8. The van der Waals surface area contributed by atoms with Crippen molar-refractivity contribution in [2.24, 2.45) is 0 Å². The molecule has 256 valence electrons. The molecule has 12 aromatic rings. The lowest BCUT2D eigenvalue weighted by molar-refractivity contribution is 1.07. The maximum atomic E-state index is 5.30. The normalized spacial score (nSPS) is 12.0. The minimum absolute atomic E-state index is 0.640. The van der Waals surface area contributed by atoms with Crippen molar-refractivity contribution < 1.29 is 0 Å². The summed E-state index contributed by atoms with van der Waals surface area (Å²) in [7, 11) is 0. The number of fused-ring (bicyclic) bond motifs is 10. The summed E-state index contributed by atoms with van der Waals surface area (Å²) in [5, 5.41) is 9.83. The highest BCUT2D eigenvalue weighted by Crippen LogP contribution is 2.41. The van der Waals surface area contributed by atoms with Crippen molar-refractivity contribution >= 4 is 95.6 Å². The van der Waals surface area contributed by atoms with E-state index in [1.165, 1.54) is 67.4 Å². The van der Waals surface area contributed by atoms with Crippen LogP contribution in [0.2, 0.25) is 0 Å². The van der Waals surface area contributed by atoms with Gasteiger partial charge in [-0.15, -0.1) is 22.7 Å². The molecule has 0 atom stereocenters. The first kappa shape index (κ1) is 30.7. The zero-order valence-electron chi connectivity index (χ0n) is 29.3. The summed E-state index contributed by atoms with van der Waals surface area (Å²) < 4.78 is 7.33. The minimum atomic E-state index is 0.640. The van der Waals surface area contributed by atoms with Crippen LogP contribution >= 0.6 is 22.7 Å². The highest BCUT2D eigenvalue weighted by atomic mass is 32.1. The Morgan fingerprint density at radius 2 is 0.982 bits per heavy atom. The lowest BCUT2D eigenvalue weighted by Crippen LogP contribution is -2.01. The molecule has 0 aliphatic carbocycles. The average Bonchev–Trinajstić information content (AvgIpc) is 3.92. The second-order valence-corrected chi connectivity index (χ2v) is 16.2. The molecule has 6 heteroatoms. The number of thiophene rings is 2. The van der Waals surface area contributed by atoms with Crippen LogP contribution in [0.4, 0.5) is 0 Å². The molecule has 0 bridgehead atoms. The topological polar surface area (TPSA) is 43.6 Å². The highest BCUT2D eigenvalue weighted by Gasteiger charge is 2.19. The molecule has 8 aromatic carbocycles. The van der Waals surface area contributed by atoms with Gasteiger partial charge in [0.05, 0.1) is 11.0 Å². The minimum Gasteiger partial charge on any atom is -0.309 e. The second-order valence-electron chi connectivity index (χ2n) is 14.0. The molecule has 0 aliphatic heterocycles. The molecule has 0 spiro atoms. The molecular formula is C49H28N4S2. The summed E-state index contributed by atoms with van der Waals surface area (Å²) in [5.74, 6) is 1.96. The largest absolute Gasteiger partial charge is 0.309 e. The maximum Gasteiger partial charge on any atom is 0.164 e. The van der Waals surface area contributed by atoms with E-state index in [0.717, 1.165) is 27.9 Å². The van der Waals surface area contributed by atoms with E-state index < -0.39 is 0 Å². The molecule has 0 N–H and O–H groups in total. The number of nitrogens with zero attached hydrogens (tertiary/aromatic N) is 4. The first-order chi connectivity index (χ1) is 27.2. The third-order valence-corrected chi connectivity index (χ3v) is 13.1. The van der Waals surface area contributed by atoms with Crippen molar-refractivity contribution in [3.05, 3.63) is 170 Å². The Morgan fingerprint density at radius 3 is 1.84 bits per heavy atom. The fourth-order valence-electron chi connectivity index (χ4n) is 8.30. The van der Waals surface area contributed by atoms with Gasteiger partial charge in [0.2, 0.25) is 0 Å². The Morgan fingerprint density at radius 1 is 0.364 bits per heavy atom. The molecule has 0 fully saturated rings. The molecule has 0 amide bonds. The summed E-state index contributed by atoms with van der Waals surface area (Å²) in [6.45, 7) is 0. The van der Waals surface area contributed by atoms with Gasteiger partial charge in [-0.3, -0.25) is 0 Å². The van der Waals surface area contributed by atoms with Crippen molar-refractivity contribution in [3.63, 3.8) is 0 Å². The predicted octanol–water partition coefficient (Wildman–Crippen LogP) is 13.9. The Balaban J connectivity index is 1.09. The molecule has 0 saturated carbocycles. The van der Waals surface area contributed by atoms with E-state index >= 15 is 0 Å². The summed E-state index contributed by atoms with van der Waals surface area (Å²) in [5.41, 5.74) is 6.29. The standard InChI is InChI=1S/C49H28N4S2/c1-2-12-30-27-41-39(26-29(30)11-1)34-15-3-6-19-40(34)53(41)33-14-9-13-31(25-33)47-50-48(32-23-24-36-35-16-4-7-20-42(35)55-45(36)28-32)52-49(51-47)38-18-10-22-44-46(38)37-17-5-8-21-43(37)54-44/h1-28H. The first-order valence-electron chi connectivity index (χ1n) is 18.3.